The number of thioether (sulfide) groups is 2. The van der Waals surface area contributed by atoms with Gasteiger partial charge in [0.15, 0.2) is 0 Å². The number of para-hydroxylation sites is 1. The molecule has 0 N–H and O–H groups in total. The average molecular weight is 542 g/mol. The first-order chi connectivity index (χ1) is 19.2. The van der Waals surface area contributed by atoms with Crippen molar-refractivity contribution in [3.8, 4) is 0 Å². The highest BCUT2D eigenvalue weighted by Gasteiger charge is 2.11. The number of hydrogen-bond donors (Lipinski definition) is 0. The van der Waals surface area contributed by atoms with E-state index in [-0.39, 0.29) is 0 Å². The highest BCUT2D eigenvalue weighted by Crippen LogP contribution is 2.34. The van der Waals surface area contributed by atoms with Gasteiger partial charge in [-0.3, -0.25) is 0 Å². The second-order valence-electron chi connectivity index (χ2n) is 9.07. The molecular formula is C36H31NS2. The normalized spacial score (nSPS) is 11.3. The van der Waals surface area contributed by atoms with E-state index in [0.717, 1.165) is 17.1 Å². The van der Waals surface area contributed by atoms with Crippen LogP contribution in [-0.2, 0) is 0 Å². The van der Waals surface area contributed by atoms with Gasteiger partial charge in [0, 0.05) is 26.9 Å². The van der Waals surface area contributed by atoms with E-state index >= 15 is 0 Å². The van der Waals surface area contributed by atoms with Crippen LogP contribution < -0.4 is 4.90 Å². The first-order valence-electron chi connectivity index (χ1n) is 12.9. The van der Waals surface area contributed by atoms with Crippen molar-refractivity contribution in [2.75, 3.05) is 17.4 Å². The van der Waals surface area contributed by atoms with Crippen LogP contribution in [0.3, 0.4) is 0 Å². The number of benzene rings is 5. The molecule has 0 aliphatic rings. The van der Waals surface area contributed by atoms with E-state index < -0.39 is 0 Å². The monoisotopic (exact) mass is 541 g/mol. The first-order valence-corrected chi connectivity index (χ1v) is 15.4. The Morgan fingerprint density at radius 1 is 0.385 bits per heavy atom. The lowest BCUT2D eigenvalue weighted by Crippen LogP contribution is -2.09. The Kier molecular flexibility index (Phi) is 9.05. The van der Waals surface area contributed by atoms with E-state index in [9.17, 15) is 0 Å². The molecule has 0 radical (unpaired) electrons. The van der Waals surface area contributed by atoms with Gasteiger partial charge in [0.1, 0.15) is 0 Å². The fourth-order valence-electron chi connectivity index (χ4n) is 4.31. The van der Waals surface area contributed by atoms with Gasteiger partial charge >= 0.3 is 0 Å². The van der Waals surface area contributed by atoms with Crippen molar-refractivity contribution in [2.24, 2.45) is 0 Å². The third kappa shape index (κ3) is 7.14. The molecule has 0 atom stereocenters. The highest BCUT2D eigenvalue weighted by molar-refractivity contribution is 7.98. The van der Waals surface area contributed by atoms with Crippen molar-refractivity contribution in [2.45, 2.75) is 9.79 Å². The van der Waals surface area contributed by atoms with Crippen LogP contribution in [0.5, 0.6) is 0 Å². The smallest absolute Gasteiger partial charge is 0.0462 e. The summed E-state index contributed by atoms with van der Waals surface area (Å²) in [6, 6.07) is 45.3. The van der Waals surface area contributed by atoms with Crippen molar-refractivity contribution >= 4 is 64.9 Å². The summed E-state index contributed by atoms with van der Waals surface area (Å²) in [5, 5.41) is 0. The molecule has 0 fully saturated rings. The van der Waals surface area contributed by atoms with Crippen molar-refractivity contribution in [1.82, 2.24) is 0 Å². The number of rotatable bonds is 9. The molecule has 192 valence electrons. The fraction of sp³-hybridized carbons (Fsp3) is 0.0556. The van der Waals surface area contributed by atoms with Gasteiger partial charge in [-0.2, -0.15) is 0 Å². The standard InChI is InChI=1S/C36H31NS2/c1-38-35-24-16-30(17-25-35)10-8-28-12-20-33(21-13-28)37(32-6-4-3-5-7-32)34-22-14-29(15-23-34)9-11-31-18-26-36(39-2)27-19-31/h3-27H,1-2H3/b10-8+,11-9+. The molecule has 0 bridgehead atoms. The molecule has 0 aliphatic heterocycles. The van der Waals surface area contributed by atoms with E-state index in [2.05, 4.69) is 169 Å². The van der Waals surface area contributed by atoms with Crippen LogP contribution in [0.25, 0.3) is 24.3 Å². The molecule has 0 aromatic heterocycles. The molecule has 39 heavy (non-hydrogen) atoms. The topological polar surface area (TPSA) is 3.24 Å². The van der Waals surface area contributed by atoms with Crippen LogP contribution in [-0.4, -0.2) is 12.5 Å². The van der Waals surface area contributed by atoms with Gasteiger partial charge in [0.05, 0.1) is 0 Å². The van der Waals surface area contributed by atoms with Crippen molar-refractivity contribution in [1.29, 1.82) is 0 Å². The predicted octanol–water partition coefficient (Wildman–Crippen LogP) is 10.9. The Balaban J connectivity index is 1.36. The van der Waals surface area contributed by atoms with Crippen molar-refractivity contribution < 1.29 is 0 Å². The highest BCUT2D eigenvalue weighted by atomic mass is 32.2. The van der Waals surface area contributed by atoms with Crippen molar-refractivity contribution in [3.05, 3.63) is 150 Å². The Morgan fingerprint density at radius 2 is 0.692 bits per heavy atom. The summed E-state index contributed by atoms with van der Waals surface area (Å²) in [7, 11) is 0. The molecular weight excluding hydrogens is 511 g/mol. The second kappa shape index (κ2) is 13.2. The molecule has 1 nitrogen and oxygen atoms in total. The van der Waals surface area contributed by atoms with Crippen LogP contribution >= 0.6 is 23.5 Å². The molecule has 0 amide bonds. The minimum Gasteiger partial charge on any atom is -0.311 e. The van der Waals surface area contributed by atoms with E-state index in [4.69, 9.17) is 0 Å². The second-order valence-corrected chi connectivity index (χ2v) is 10.8. The summed E-state index contributed by atoms with van der Waals surface area (Å²) in [5.41, 5.74) is 8.13. The summed E-state index contributed by atoms with van der Waals surface area (Å²) >= 11 is 3.53. The van der Waals surface area contributed by atoms with Gasteiger partial charge in [-0.05, 0) is 95.4 Å². The Morgan fingerprint density at radius 3 is 1.03 bits per heavy atom. The minimum atomic E-state index is 1.12. The number of nitrogens with zero attached hydrogens (tertiary/aromatic N) is 1. The third-order valence-corrected chi connectivity index (χ3v) is 7.97. The summed E-state index contributed by atoms with van der Waals surface area (Å²) in [4.78, 5) is 4.86. The maximum absolute atomic E-state index is 2.29. The molecule has 0 saturated heterocycles. The lowest BCUT2D eigenvalue weighted by Gasteiger charge is -2.25. The Labute approximate surface area is 240 Å². The zero-order valence-corrected chi connectivity index (χ0v) is 23.8. The summed E-state index contributed by atoms with van der Waals surface area (Å²) < 4.78 is 0. The predicted molar refractivity (Wildman–Crippen MR) is 175 cm³/mol. The average Bonchev–Trinajstić information content (AvgIpc) is 3.01. The summed E-state index contributed by atoms with van der Waals surface area (Å²) in [5.74, 6) is 0. The van der Waals surface area contributed by atoms with Gasteiger partial charge in [-0.15, -0.1) is 23.5 Å². The zero-order valence-electron chi connectivity index (χ0n) is 22.2. The molecule has 5 aromatic carbocycles. The molecule has 0 aliphatic carbocycles. The van der Waals surface area contributed by atoms with Crippen LogP contribution in [0.2, 0.25) is 0 Å². The minimum absolute atomic E-state index is 1.12. The van der Waals surface area contributed by atoms with E-state index in [0.29, 0.717) is 0 Å². The lowest BCUT2D eigenvalue weighted by atomic mass is 10.1. The van der Waals surface area contributed by atoms with Crippen LogP contribution in [0.15, 0.2) is 137 Å². The maximum Gasteiger partial charge on any atom is 0.0462 e. The van der Waals surface area contributed by atoms with E-state index in [1.54, 1.807) is 23.5 Å². The molecule has 3 heteroatoms. The van der Waals surface area contributed by atoms with Gasteiger partial charge < -0.3 is 4.90 Å². The molecule has 5 aromatic rings. The summed E-state index contributed by atoms with van der Waals surface area (Å²) in [6.45, 7) is 0. The van der Waals surface area contributed by atoms with Crippen LogP contribution in [0.4, 0.5) is 17.1 Å². The van der Waals surface area contributed by atoms with Gasteiger partial charge in [-0.25, -0.2) is 0 Å². The molecule has 0 heterocycles. The maximum atomic E-state index is 2.29. The molecule has 0 spiro atoms. The SMILES string of the molecule is CSc1ccc(/C=C/c2ccc(N(c3ccccc3)c3ccc(/C=C/c4ccc(SC)cc4)cc3)cc2)cc1. The van der Waals surface area contributed by atoms with Gasteiger partial charge in [0.25, 0.3) is 0 Å². The molecule has 5 rings (SSSR count). The molecule has 0 saturated carbocycles. The van der Waals surface area contributed by atoms with Crippen LogP contribution in [0, 0.1) is 0 Å². The van der Waals surface area contributed by atoms with E-state index in [1.165, 1.54) is 32.0 Å². The third-order valence-electron chi connectivity index (χ3n) is 6.49. The fourth-order valence-corrected chi connectivity index (χ4v) is 5.12. The number of anilines is 3. The Hall–Kier alpha value is -3.92. The largest absolute Gasteiger partial charge is 0.311 e. The number of hydrogen-bond acceptors (Lipinski definition) is 3. The van der Waals surface area contributed by atoms with Crippen molar-refractivity contribution in [3.63, 3.8) is 0 Å². The van der Waals surface area contributed by atoms with Gasteiger partial charge in [0.2, 0.25) is 0 Å². The molecule has 0 unspecified atom stereocenters. The zero-order chi connectivity index (χ0) is 26.9. The van der Waals surface area contributed by atoms with Gasteiger partial charge in [-0.1, -0.05) is 91.0 Å². The summed E-state index contributed by atoms with van der Waals surface area (Å²) in [6.07, 6.45) is 12.9. The lowest BCUT2D eigenvalue weighted by molar-refractivity contribution is 1.28. The van der Waals surface area contributed by atoms with E-state index in [1.807, 2.05) is 0 Å². The van der Waals surface area contributed by atoms with Crippen LogP contribution in [0.1, 0.15) is 22.3 Å². The Bertz CT molecular complexity index is 1420. The quantitative estimate of drug-likeness (QED) is 0.135. The first kappa shape index (κ1) is 26.7.